The van der Waals surface area contributed by atoms with E-state index in [2.05, 4.69) is 264 Å². The van der Waals surface area contributed by atoms with E-state index < -0.39 is 0 Å². The van der Waals surface area contributed by atoms with E-state index in [-0.39, 0.29) is 0 Å². The van der Waals surface area contributed by atoms with Gasteiger partial charge in [0.2, 0.25) is 0 Å². The summed E-state index contributed by atoms with van der Waals surface area (Å²) in [6.45, 7) is 0. The lowest BCUT2D eigenvalue weighted by atomic mass is 9.90. The van der Waals surface area contributed by atoms with Crippen molar-refractivity contribution < 1.29 is 0 Å². The summed E-state index contributed by atoms with van der Waals surface area (Å²) < 4.78 is 2.46. The van der Waals surface area contributed by atoms with E-state index in [4.69, 9.17) is 0 Å². The fourth-order valence-electron chi connectivity index (χ4n) is 10.6. The minimum absolute atomic E-state index is 1.08. The number of nitrogens with zero attached hydrogens (tertiary/aromatic N) is 2. The number of benzene rings is 12. The second-order valence-electron chi connectivity index (χ2n) is 17.2. The van der Waals surface area contributed by atoms with Crippen LogP contribution in [0, 0.1) is 0 Å². The molecule has 0 atom stereocenters. The topological polar surface area (TPSA) is 8.17 Å². The SMILES string of the molecule is c1ccc(-c2cc(-c3ccccc3)cc(N(c3ccccc3-c3ccccc3-c3ccccc3)c3ccc4ccc5c(-n6c7ccccc7c7ccccc76)ccc6ccc3c4c65)c2)cc1. The zero-order valence-electron chi connectivity index (χ0n) is 36.1. The molecule has 2 heteroatoms. The average Bonchev–Trinajstić information content (AvgIpc) is 3.73. The van der Waals surface area contributed by atoms with Gasteiger partial charge in [-0.15, -0.1) is 0 Å². The molecule has 0 spiro atoms. The molecule has 1 aromatic heterocycles. The third-order valence-electron chi connectivity index (χ3n) is 13.5. The minimum Gasteiger partial charge on any atom is -0.309 e. The maximum Gasteiger partial charge on any atom is 0.0541 e. The van der Waals surface area contributed by atoms with Crippen molar-refractivity contribution in [3.63, 3.8) is 0 Å². The van der Waals surface area contributed by atoms with E-state index in [9.17, 15) is 0 Å². The Bertz CT molecular complexity index is 3810. The Hall–Kier alpha value is -8.72. The van der Waals surface area contributed by atoms with Crippen molar-refractivity contribution in [1.29, 1.82) is 0 Å². The molecule has 0 unspecified atom stereocenters. The quantitative estimate of drug-likeness (QED) is 0.138. The van der Waals surface area contributed by atoms with Crippen LogP contribution in [0.1, 0.15) is 0 Å². The van der Waals surface area contributed by atoms with Gasteiger partial charge in [0.1, 0.15) is 0 Å². The zero-order valence-corrected chi connectivity index (χ0v) is 36.1. The Labute approximate surface area is 383 Å². The molecule has 0 fully saturated rings. The first kappa shape index (κ1) is 37.8. The van der Waals surface area contributed by atoms with Crippen molar-refractivity contribution in [2.24, 2.45) is 0 Å². The van der Waals surface area contributed by atoms with Crippen LogP contribution in [0.25, 0.3) is 104 Å². The molecule has 66 heavy (non-hydrogen) atoms. The van der Waals surface area contributed by atoms with E-state index in [1.807, 2.05) is 0 Å². The van der Waals surface area contributed by atoms with Crippen LogP contribution >= 0.6 is 0 Å². The summed E-state index contributed by atoms with van der Waals surface area (Å²) in [5, 5.41) is 9.94. The highest BCUT2D eigenvalue weighted by Gasteiger charge is 2.24. The standard InChI is InChI=1S/C64H42N2/c1-4-18-43(19-5-1)48-40-49(44-20-6-2-7-21-44)42-50(41-48)65(58-29-15-12-26-53(58)52-25-11-10-24-51(52)45-22-8-3-9-23-45)61-38-34-46-33-37-57-62(39-35-47-32-36-56(61)63(46)64(47)57)66-59-30-16-13-27-54(59)55-28-14-17-31-60(55)66/h1-42H. The lowest BCUT2D eigenvalue weighted by Crippen LogP contribution is -2.12. The Kier molecular flexibility index (Phi) is 8.89. The summed E-state index contributed by atoms with van der Waals surface area (Å²) in [4.78, 5) is 2.52. The molecular formula is C64H42N2. The van der Waals surface area contributed by atoms with Gasteiger partial charge in [0.05, 0.1) is 28.1 Å². The molecule has 0 saturated carbocycles. The van der Waals surface area contributed by atoms with Crippen molar-refractivity contribution in [1.82, 2.24) is 4.57 Å². The van der Waals surface area contributed by atoms with Crippen LogP contribution < -0.4 is 4.90 Å². The number of fused-ring (bicyclic) bond motifs is 3. The van der Waals surface area contributed by atoms with Crippen LogP contribution in [-0.4, -0.2) is 4.57 Å². The monoisotopic (exact) mass is 838 g/mol. The van der Waals surface area contributed by atoms with Crippen molar-refractivity contribution >= 4 is 71.2 Å². The molecule has 0 aliphatic heterocycles. The number of aromatic nitrogens is 1. The molecule has 0 bridgehead atoms. The van der Waals surface area contributed by atoms with E-state index >= 15 is 0 Å². The second-order valence-corrected chi connectivity index (χ2v) is 17.2. The van der Waals surface area contributed by atoms with E-state index in [0.717, 1.165) is 33.8 Å². The van der Waals surface area contributed by atoms with Crippen molar-refractivity contribution in [2.45, 2.75) is 0 Å². The summed E-state index contributed by atoms with van der Waals surface area (Å²) >= 11 is 0. The first-order chi connectivity index (χ1) is 32.8. The predicted molar refractivity (Wildman–Crippen MR) is 281 cm³/mol. The number of rotatable bonds is 8. The fraction of sp³-hybridized carbons (Fsp3) is 0. The van der Waals surface area contributed by atoms with Crippen LogP contribution in [0.2, 0.25) is 0 Å². The summed E-state index contributed by atoms with van der Waals surface area (Å²) in [5.41, 5.74) is 16.3. The van der Waals surface area contributed by atoms with Gasteiger partial charge in [0, 0.05) is 32.8 Å². The van der Waals surface area contributed by atoms with Gasteiger partial charge < -0.3 is 9.47 Å². The van der Waals surface area contributed by atoms with E-state index in [1.165, 1.54) is 87.6 Å². The highest BCUT2D eigenvalue weighted by Crippen LogP contribution is 2.50. The van der Waals surface area contributed by atoms with Crippen LogP contribution in [0.4, 0.5) is 17.1 Å². The van der Waals surface area contributed by atoms with Crippen molar-refractivity contribution in [2.75, 3.05) is 4.90 Å². The molecule has 12 aromatic carbocycles. The maximum absolute atomic E-state index is 2.52. The van der Waals surface area contributed by atoms with Gasteiger partial charge in [-0.2, -0.15) is 0 Å². The first-order valence-corrected chi connectivity index (χ1v) is 22.8. The largest absolute Gasteiger partial charge is 0.309 e. The highest BCUT2D eigenvalue weighted by molar-refractivity contribution is 6.27. The Balaban J connectivity index is 1.11. The third kappa shape index (κ3) is 6.11. The first-order valence-electron chi connectivity index (χ1n) is 22.8. The molecular weight excluding hydrogens is 797 g/mol. The lowest BCUT2D eigenvalue weighted by Gasteiger charge is -2.31. The zero-order chi connectivity index (χ0) is 43.6. The highest BCUT2D eigenvalue weighted by atomic mass is 15.1. The molecule has 0 aliphatic carbocycles. The van der Waals surface area contributed by atoms with Crippen LogP contribution in [0.15, 0.2) is 255 Å². The molecule has 0 saturated heterocycles. The average molecular weight is 839 g/mol. The molecule has 0 radical (unpaired) electrons. The molecule has 1 heterocycles. The van der Waals surface area contributed by atoms with Crippen molar-refractivity contribution in [3.05, 3.63) is 255 Å². The molecule has 0 aliphatic rings. The number of anilines is 3. The normalized spacial score (nSPS) is 11.6. The number of para-hydroxylation sites is 3. The Morgan fingerprint density at radius 2 is 0.742 bits per heavy atom. The Morgan fingerprint density at radius 3 is 1.38 bits per heavy atom. The fourth-order valence-corrected chi connectivity index (χ4v) is 10.6. The van der Waals surface area contributed by atoms with Crippen LogP contribution in [0.3, 0.4) is 0 Å². The van der Waals surface area contributed by atoms with E-state index in [0.29, 0.717) is 0 Å². The summed E-state index contributed by atoms with van der Waals surface area (Å²) in [6.07, 6.45) is 0. The maximum atomic E-state index is 2.52. The van der Waals surface area contributed by atoms with Gasteiger partial charge in [0.15, 0.2) is 0 Å². The number of hydrogen-bond donors (Lipinski definition) is 0. The van der Waals surface area contributed by atoms with Gasteiger partial charge in [-0.3, -0.25) is 0 Å². The summed E-state index contributed by atoms with van der Waals surface area (Å²) in [7, 11) is 0. The van der Waals surface area contributed by atoms with Crippen LogP contribution in [-0.2, 0) is 0 Å². The predicted octanol–water partition coefficient (Wildman–Crippen LogP) is 17.8. The molecule has 0 amide bonds. The van der Waals surface area contributed by atoms with Gasteiger partial charge in [0.25, 0.3) is 0 Å². The van der Waals surface area contributed by atoms with Crippen molar-refractivity contribution in [3.8, 4) is 50.2 Å². The third-order valence-corrected chi connectivity index (χ3v) is 13.5. The molecule has 0 N–H and O–H groups in total. The second kappa shape index (κ2) is 15.5. The summed E-state index contributed by atoms with van der Waals surface area (Å²) in [6, 6.07) is 93.5. The molecule has 13 aromatic rings. The van der Waals surface area contributed by atoms with Gasteiger partial charge in [-0.1, -0.05) is 206 Å². The van der Waals surface area contributed by atoms with Gasteiger partial charge in [-0.25, -0.2) is 0 Å². The molecule has 13 rings (SSSR count). The molecule has 2 nitrogen and oxygen atoms in total. The van der Waals surface area contributed by atoms with Crippen LogP contribution in [0.5, 0.6) is 0 Å². The summed E-state index contributed by atoms with van der Waals surface area (Å²) in [5.74, 6) is 0. The van der Waals surface area contributed by atoms with Gasteiger partial charge in [-0.05, 0) is 109 Å². The molecule has 308 valence electrons. The minimum atomic E-state index is 1.08. The smallest absolute Gasteiger partial charge is 0.0541 e. The lowest BCUT2D eigenvalue weighted by molar-refractivity contribution is 1.20. The van der Waals surface area contributed by atoms with Gasteiger partial charge >= 0.3 is 0 Å². The number of hydrogen-bond acceptors (Lipinski definition) is 1. The van der Waals surface area contributed by atoms with E-state index in [1.54, 1.807) is 0 Å². The Morgan fingerprint density at radius 1 is 0.273 bits per heavy atom.